The Bertz CT molecular complexity index is 1080. The van der Waals surface area contributed by atoms with Gasteiger partial charge in [0.2, 0.25) is 0 Å². The highest BCUT2D eigenvalue weighted by Crippen LogP contribution is 2.32. The molecule has 1 aliphatic heterocycles. The summed E-state index contributed by atoms with van der Waals surface area (Å²) in [5.41, 5.74) is 3.01. The smallest absolute Gasteiger partial charge is 0.186 e. The summed E-state index contributed by atoms with van der Waals surface area (Å²) >= 11 is 0. The van der Waals surface area contributed by atoms with E-state index < -0.39 is 36.8 Å². The van der Waals surface area contributed by atoms with Crippen molar-refractivity contribution in [2.45, 2.75) is 56.6 Å². The van der Waals surface area contributed by atoms with Gasteiger partial charge in [-0.1, -0.05) is 97.1 Å². The largest absolute Gasteiger partial charge is 0.388 e. The second kappa shape index (κ2) is 15.6. The van der Waals surface area contributed by atoms with E-state index in [1.807, 2.05) is 91.0 Å². The van der Waals surface area contributed by atoms with E-state index in [2.05, 4.69) is 6.58 Å². The summed E-state index contributed by atoms with van der Waals surface area (Å²) in [6, 6.07) is 29.7. The Kier molecular flexibility index (Phi) is 11.7. The molecular weight excluding hydrogens is 496 g/mol. The lowest BCUT2D eigenvalue weighted by Gasteiger charge is -2.46. The zero-order valence-electron chi connectivity index (χ0n) is 22.3. The van der Waals surface area contributed by atoms with Crippen LogP contribution in [0.2, 0.25) is 0 Å². The molecule has 6 atom stereocenters. The maximum Gasteiger partial charge on any atom is 0.186 e. The fourth-order valence-corrected chi connectivity index (χ4v) is 4.56. The molecule has 0 unspecified atom stereocenters. The lowest BCUT2D eigenvalue weighted by atomic mass is 9.94. The average Bonchev–Trinajstić information content (AvgIpc) is 2.99. The fraction of sp³-hybridized carbons (Fsp3) is 0.375. The van der Waals surface area contributed by atoms with Gasteiger partial charge in [-0.3, -0.25) is 0 Å². The minimum atomic E-state index is -0.999. The Balaban J connectivity index is 1.61. The van der Waals surface area contributed by atoms with E-state index in [0.717, 1.165) is 16.7 Å². The number of methoxy groups -OCH3 is 1. The minimum Gasteiger partial charge on any atom is -0.388 e. The molecule has 1 fully saturated rings. The van der Waals surface area contributed by atoms with E-state index in [-0.39, 0.29) is 6.61 Å². The molecule has 7 nitrogen and oxygen atoms in total. The van der Waals surface area contributed by atoms with Gasteiger partial charge in [0.15, 0.2) is 6.29 Å². The third-order valence-corrected chi connectivity index (χ3v) is 6.52. The number of ether oxygens (including phenoxy) is 6. The van der Waals surface area contributed by atoms with E-state index >= 15 is 0 Å². The Hall–Kier alpha value is -2.88. The van der Waals surface area contributed by atoms with Crippen LogP contribution in [0.5, 0.6) is 0 Å². The predicted octanol–water partition coefficient (Wildman–Crippen LogP) is 4.68. The predicted molar refractivity (Wildman–Crippen MR) is 148 cm³/mol. The molecule has 7 heteroatoms. The Labute approximate surface area is 230 Å². The van der Waals surface area contributed by atoms with Gasteiger partial charge < -0.3 is 33.5 Å². The molecule has 39 heavy (non-hydrogen) atoms. The van der Waals surface area contributed by atoms with Crippen molar-refractivity contribution in [3.63, 3.8) is 0 Å². The first-order valence-electron chi connectivity index (χ1n) is 13.2. The third kappa shape index (κ3) is 8.55. The van der Waals surface area contributed by atoms with Gasteiger partial charge in [-0.15, -0.1) is 6.58 Å². The van der Waals surface area contributed by atoms with E-state index in [1.54, 1.807) is 13.2 Å². The standard InChI is InChI=1S/C32H38O7/c1-3-19-35-23-27(33)28-29(36-20-24-13-7-4-8-14-24)30(37-21-25-15-9-5-10-16-25)31(32(34-2)39-28)38-22-26-17-11-6-12-18-26/h3-18,27-33H,1,19-23H2,2H3/t27-,28+,29-,30-,31-,32-/m1/s1. The zero-order valence-corrected chi connectivity index (χ0v) is 22.3. The third-order valence-electron chi connectivity index (χ3n) is 6.52. The van der Waals surface area contributed by atoms with Crippen LogP contribution >= 0.6 is 0 Å². The summed E-state index contributed by atoms with van der Waals surface area (Å²) in [6.45, 7) is 4.99. The SMILES string of the molecule is C=CCOC[C@@H](O)[C@@H]1O[C@@H](OC)[C@H](OCc2ccccc2)[C@H](OCc2ccccc2)[C@@H]1OCc1ccccc1. The lowest BCUT2D eigenvalue weighted by molar-refractivity contribution is -0.331. The van der Waals surface area contributed by atoms with Crippen molar-refractivity contribution in [3.05, 3.63) is 120 Å². The topological polar surface area (TPSA) is 75.6 Å². The van der Waals surface area contributed by atoms with E-state index in [0.29, 0.717) is 26.4 Å². The van der Waals surface area contributed by atoms with Crippen molar-refractivity contribution in [2.75, 3.05) is 20.3 Å². The number of aliphatic hydroxyl groups excluding tert-OH is 1. The van der Waals surface area contributed by atoms with Gasteiger partial charge in [0.05, 0.1) is 33.0 Å². The Morgan fingerprint density at radius 1 is 0.744 bits per heavy atom. The molecule has 1 heterocycles. The Morgan fingerprint density at radius 3 is 1.67 bits per heavy atom. The van der Waals surface area contributed by atoms with Gasteiger partial charge in [0.25, 0.3) is 0 Å². The average molecular weight is 535 g/mol. The maximum atomic E-state index is 11.2. The van der Waals surface area contributed by atoms with Crippen molar-refractivity contribution in [1.29, 1.82) is 0 Å². The molecule has 1 N–H and O–H groups in total. The fourth-order valence-electron chi connectivity index (χ4n) is 4.56. The summed E-state index contributed by atoms with van der Waals surface area (Å²) in [6.07, 6.45) is -2.88. The second-order valence-electron chi connectivity index (χ2n) is 9.38. The summed E-state index contributed by atoms with van der Waals surface area (Å²) in [7, 11) is 1.56. The monoisotopic (exact) mass is 534 g/mol. The molecule has 0 bridgehead atoms. The van der Waals surface area contributed by atoms with E-state index in [1.165, 1.54) is 0 Å². The number of aliphatic hydroxyl groups is 1. The number of benzene rings is 3. The van der Waals surface area contributed by atoms with Crippen LogP contribution in [0.1, 0.15) is 16.7 Å². The molecule has 0 radical (unpaired) electrons. The van der Waals surface area contributed by atoms with Crippen LogP contribution in [0, 0.1) is 0 Å². The van der Waals surface area contributed by atoms with Crippen molar-refractivity contribution < 1.29 is 33.5 Å². The van der Waals surface area contributed by atoms with Crippen LogP contribution in [0.15, 0.2) is 104 Å². The minimum absolute atomic E-state index is 0.0409. The van der Waals surface area contributed by atoms with Gasteiger partial charge in [0.1, 0.15) is 30.5 Å². The molecule has 0 aromatic heterocycles. The van der Waals surface area contributed by atoms with E-state index in [4.69, 9.17) is 28.4 Å². The molecule has 0 saturated carbocycles. The number of rotatable bonds is 15. The van der Waals surface area contributed by atoms with Crippen LogP contribution in [-0.4, -0.2) is 62.2 Å². The van der Waals surface area contributed by atoms with Gasteiger partial charge in [-0.25, -0.2) is 0 Å². The molecule has 4 rings (SSSR count). The number of hydrogen-bond donors (Lipinski definition) is 1. The normalized spacial score (nSPS) is 23.8. The highest BCUT2D eigenvalue weighted by molar-refractivity contribution is 5.15. The highest BCUT2D eigenvalue weighted by atomic mass is 16.7. The molecule has 0 aliphatic carbocycles. The van der Waals surface area contributed by atoms with Gasteiger partial charge in [-0.05, 0) is 16.7 Å². The molecule has 208 valence electrons. The van der Waals surface area contributed by atoms with Crippen LogP contribution in [-0.2, 0) is 48.2 Å². The van der Waals surface area contributed by atoms with Crippen molar-refractivity contribution in [2.24, 2.45) is 0 Å². The molecule has 3 aromatic carbocycles. The maximum absolute atomic E-state index is 11.2. The first-order chi connectivity index (χ1) is 19.2. The van der Waals surface area contributed by atoms with E-state index in [9.17, 15) is 5.11 Å². The molecule has 1 aliphatic rings. The summed E-state index contributed by atoms with van der Waals surface area (Å²) in [4.78, 5) is 0. The van der Waals surface area contributed by atoms with Crippen molar-refractivity contribution >= 4 is 0 Å². The van der Waals surface area contributed by atoms with Gasteiger partial charge >= 0.3 is 0 Å². The van der Waals surface area contributed by atoms with Gasteiger partial charge in [-0.2, -0.15) is 0 Å². The van der Waals surface area contributed by atoms with Crippen LogP contribution in [0.3, 0.4) is 0 Å². The first-order valence-corrected chi connectivity index (χ1v) is 13.2. The van der Waals surface area contributed by atoms with Crippen LogP contribution < -0.4 is 0 Å². The molecular formula is C32H38O7. The molecule has 0 amide bonds. The highest BCUT2D eigenvalue weighted by Gasteiger charge is 2.50. The lowest BCUT2D eigenvalue weighted by Crippen LogP contribution is -2.63. The van der Waals surface area contributed by atoms with Crippen LogP contribution in [0.25, 0.3) is 0 Å². The Morgan fingerprint density at radius 2 is 1.21 bits per heavy atom. The van der Waals surface area contributed by atoms with Gasteiger partial charge in [0, 0.05) is 7.11 Å². The zero-order chi connectivity index (χ0) is 27.3. The molecule has 3 aromatic rings. The summed E-state index contributed by atoms with van der Waals surface area (Å²) < 4.78 is 37.0. The molecule has 0 spiro atoms. The molecule has 1 saturated heterocycles. The first kappa shape index (κ1) is 29.1. The van der Waals surface area contributed by atoms with Crippen LogP contribution in [0.4, 0.5) is 0 Å². The summed E-state index contributed by atoms with van der Waals surface area (Å²) in [5.74, 6) is 0. The second-order valence-corrected chi connectivity index (χ2v) is 9.38. The quantitative estimate of drug-likeness (QED) is 0.224. The van der Waals surface area contributed by atoms with Crippen molar-refractivity contribution in [3.8, 4) is 0 Å². The van der Waals surface area contributed by atoms with Crippen molar-refractivity contribution in [1.82, 2.24) is 0 Å². The number of hydrogen-bond acceptors (Lipinski definition) is 7. The summed E-state index contributed by atoms with van der Waals surface area (Å²) in [5, 5.41) is 11.2.